The van der Waals surface area contributed by atoms with E-state index in [9.17, 15) is 9.59 Å². The Labute approximate surface area is 185 Å². The van der Waals surface area contributed by atoms with E-state index in [4.69, 9.17) is 9.47 Å². The summed E-state index contributed by atoms with van der Waals surface area (Å²) in [5, 5.41) is 2.65. The van der Waals surface area contributed by atoms with Crippen molar-refractivity contribution in [2.24, 2.45) is 0 Å². The zero-order valence-electron chi connectivity index (χ0n) is 16.9. The second kappa shape index (κ2) is 9.15. The molecule has 29 heavy (non-hydrogen) atoms. The highest BCUT2D eigenvalue weighted by atomic mass is 127. The van der Waals surface area contributed by atoms with Gasteiger partial charge >= 0.3 is 12.1 Å². The zero-order chi connectivity index (χ0) is 21.0. The van der Waals surface area contributed by atoms with Gasteiger partial charge in [-0.15, -0.1) is 0 Å². The van der Waals surface area contributed by atoms with Crippen LogP contribution in [0.2, 0.25) is 0 Å². The number of fused-ring (bicyclic) bond motifs is 3. The summed E-state index contributed by atoms with van der Waals surface area (Å²) in [4.78, 5) is 24.8. The third kappa shape index (κ3) is 5.29. The van der Waals surface area contributed by atoms with Gasteiger partial charge in [0.1, 0.15) is 18.2 Å². The monoisotopic (exact) mass is 507 g/mol. The molecule has 2 aromatic carbocycles. The van der Waals surface area contributed by atoms with Crippen molar-refractivity contribution >= 4 is 34.7 Å². The van der Waals surface area contributed by atoms with Crippen LogP contribution in [-0.2, 0) is 14.3 Å². The minimum Gasteiger partial charge on any atom is -0.463 e. The predicted octanol–water partition coefficient (Wildman–Crippen LogP) is 5.06. The first kappa shape index (κ1) is 21.6. The number of amides is 1. The summed E-state index contributed by atoms with van der Waals surface area (Å²) in [6, 6.07) is 15.7. The molecule has 0 bridgehead atoms. The number of ether oxygens (including phenoxy) is 2. The smallest absolute Gasteiger partial charge is 0.408 e. The van der Waals surface area contributed by atoms with Crippen molar-refractivity contribution in [3.8, 4) is 11.1 Å². The second-order valence-electron chi connectivity index (χ2n) is 8.03. The Bertz CT molecular complexity index is 845. The van der Waals surface area contributed by atoms with Gasteiger partial charge in [-0.1, -0.05) is 71.1 Å². The Morgan fingerprint density at radius 1 is 1.03 bits per heavy atom. The molecule has 1 aliphatic carbocycles. The summed E-state index contributed by atoms with van der Waals surface area (Å²) in [7, 11) is 0. The fourth-order valence-corrected chi connectivity index (χ4v) is 4.14. The molecular weight excluding hydrogens is 481 g/mol. The Morgan fingerprint density at radius 3 is 2.10 bits per heavy atom. The predicted molar refractivity (Wildman–Crippen MR) is 121 cm³/mol. The topological polar surface area (TPSA) is 64.6 Å². The third-order valence-corrected chi connectivity index (χ3v) is 5.35. The van der Waals surface area contributed by atoms with Gasteiger partial charge in [-0.3, -0.25) is 0 Å². The fourth-order valence-electron chi connectivity index (χ4n) is 3.51. The summed E-state index contributed by atoms with van der Waals surface area (Å²) in [6.07, 6.45) is -0.128. The molecule has 1 aliphatic rings. The number of carbonyl (C=O) groups excluding carboxylic acids is 2. The van der Waals surface area contributed by atoms with Crippen molar-refractivity contribution in [2.75, 3.05) is 11.0 Å². The minimum atomic E-state index is -0.728. The fraction of sp³-hybridized carbons (Fsp3) is 0.391. The molecule has 0 heterocycles. The van der Waals surface area contributed by atoms with Crippen LogP contribution in [-0.4, -0.2) is 34.7 Å². The minimum absolute atomic E-state index is 0.00636. The molecule has 0 fully saturated rings. The molecule has 6 heteroatoms. The van der Waals surface area contributed by atoms with Crippen LogP contribution in [0.5, 0.6) is 0 Å². The number of rotatable bonds is 6. The molecule has 3 rings (SSSR count). The first-order valence-electron chi connectivity index (χ1n) is 9.70. The SMILES string of the molecule is CC(C)(C)OC(=O)N[C@@H](CCI)C(=O)OCC1c2ccccc2-c2ccccc21. The Balaban J connectivity index is 1.69. The zero-order valence-corrected chi connectivity index (χ0v) is 19.1. The molecule has 1 amide bonds. The Kier molecular flexibility index (Phi) is 6.82. The molecule has 1 atom stereocenters. The van der Waals surface area contributed by atoms with Crippen LogP contribution in [0, 0.1) is 0 Å². The molecule has 0 aliphatic heterocycles. The molecule has 2 aromatic rings. The van der Waals surface area contributed by atoms with E-state index in [1.54, 1.807) is 20.8 Å². The van der Waals surface area contributed by atoms with Crippen LogP contribution in [0.4, 0.5) is 4.79 Å². The normalized spacial score (nSPS) is 13.9. The van der Waals surface area contributed by atoms with Gasteiger partial charge in [-0.2, -0.15) is 0 Å². The van der Waals surface area contributed by atoms with Crippen LogP contribution in [0.1, 0.15) is 44.2 Å². The molecule has 5 nitrogen and oxygen atoms in total. The Morgan fingerprint density at radius 2 is 1.59 bits per heavy atom. The summed E-state index contributed by atoms with van der Waals surface area (Å²) >= 11 is 2.18. The standard InChI is InChI=1S/C23H26INO4/c1-23(2,3)29-22(27)25-20(12-13-24)21(26)28-14-19-17-10-6-4-8-15(17)16-9-5-7-11-18(16)19/h4-11,19-20H,12-14H2,1-3H3,(H,25,27)/t20-/m0/s1. The van der Waals surface area contributed by atoms with Crippen molar-refractivity contribution in [1.29, 1.82) is 0 Å². The number of hydrogen-bond acceptors (Lipinski definition) is 4. The average molecular weight is 507 g/mol. The summed E-state index contributed by atoms with van der Waals surface area (Å²) in [6.45, 7) is 5.59. The second-order valence-corrected chi connectivity index (χ2v) is 9.11. The molecule has 154 valence electrons. The number of hydrogen-bond donors (Lipinski definition) is 1. The highest BCUT2D eigenvalue weighted by molar-refractivity contribution is 14.1. The highest BCUT2D eigenvalue weighted by Crippen LogP contribution is 2.44. The van der Waals surface area contributed by atoms with E-state index in [0.717, 1.165) is 11.1 Å². The van der Waals surface area contributed by atoms with Crippen molar-refractivity contribution in [3.05, 3.63) is 59.7 Å². The molecule has 0 saturated carbocycles. The molecule has 0 aromatic heterocycles. The molecule has 0 unspecified atom stereocenters. The van der Waals surface area contributed by atoms with Crippen LogP contribution < -0.4 is 5.32 Å². The van der Waals surface area contributed by atoms with Gasteiger partial charge in [0, 0.05) is 10.3 Å². The average Bonchev–Trinajstić information content (AvgIpc) is 2.98. The lowest BCUT2D eigenvalue weighted by atomic mass is 9.98. The van der Waals surface area contributed by atoms with E-state index in [2.05, 4.69) is 52.2 Å². The van der Waals surface area contributed by atoms with E-state index in [1.165, 1.54) is 11.1 Å². The molecule has 0 saturated heterocycles. The number of alkyl halides is 1. The summed E-state index contributed by atoms with van der Waals surface area (Å²) < 4.78 is 11.7. The number of benzene rings is 2. The maximum Gasteiger partial charge on any atom is 0.408 e. The van der Waals surface area contributed by atoms with Crippen LogP contribution in [0.25, 0.3) is 11.1 Å². The van der Waals surface area contributed by atoms with E-state index in [0.29, 0.717) is 10.8 Å². The van der Waals surface area contributed by atoms with Gasteiger partial charge in [0.05, 0.1) is 0 Å². The van der Waals surface area contributed by atoms with Crippen molar-refractivity contribution in [2.45, 2.75) is 44.8 Å². The summed E-state index contributed by atoms with van der Waals surface area (Å²) in [5.74, 6) is -0.442. The van der Waals surface area contributed by atoms with Crippen molar-refractivity contribution in [3.63, 3.8) is 0 Å². The number of nitrogens with one attached hydrogen (secondary N) is 1. The van der Waals surface area contributed by atoms with Gasteiger partial charge in [-0.25, -0.2) is 9.59 Å². The lowest BCUT2D eigenvalue weighted by Crippen LogP contribution is -2.44. The first-order chi connectivity index (χ1) is 13.8. The largest absolute Gasteiger partial charge is 0.463 e. The number of carbonyl (C=O) groups is 2. The van der Waals surface area contributed by atoms with Gasteiger partial charge in [-0.05, 0) is 49.4 Å². The first-order valence-corrected chi connectivity index (χ1v) is 11.2. The lowest BCUT2D eigenvalue weighted by Gasteiger charge is -2.23. The van der Waals surface area contributed by atoms with Crippen LogP contribution >= 0.6 is 22.6 Å². The molecule has 0 spiro atoms. The quantitative estimate of drug-likeness (QED) is 0.337. The number of alkyl carbamates (subject to hydrolysis) is 1. The van der Waals surface area contributed by atoms with Crippen molar-refractivity contribution < 1.29 is 19.1 Å². The maximum absolute atomic E-state index is 12.7. The van der Waals surface area contributed by atoms with E-state index >= 15 is 0 Å². The van der Waals surface area contributed by atoms with Crippen LogP contribution in [0.15, 0.2) is 48.5 Å². The number of esters is 1. The van der Waals surface area contributed by atoms with Gasteiger partial charge < -0.3 is 14.8 Å². The van der Waals surface area contributed by atoms with E-state index < -0.39 is 23.7 Å². The Hall–Kier alpha value is -2.09. The van der Waals surface area contributed by atoms with Gasteiger partial charge in [0.15, 0.2) is 0 Å². The number of halogens is 1. The molecule has 0 radical (unpaired) electrons. The van der Waals surface area contributed by atoms with Gasteiger partial charge in [0.25, 0.3) is 0 Å². The van der Waals surface area contributed by atoms with E-state index in [1.807, 2.05) is 24.3 Å². The molecular formula is C23H26INO4. The van der Waals surface area contributed by atoms with E-state index in [-0.39, 0.29) is 12.5 Å². The van der Waals surface area contributed by atoms with Crippen molar-refractivity contribution in [1.82, 2.24) is 5.32 Å². The summed E-state index contributed by atoms with van der Waals surface area (Å²) in [5.41, 5.74) is 4.05. The van der Waals surface area contributed by atoms with Gasteiger partial charge in [0.2, 0.25) is 0 Å². The maximum atomic E-state index is 12.7. The third-order valence-electron chi connectivity index (χ3n) is 4.73. The highest BCUT2D eigenvalue weighted by Gasteiger charge is 2.31. The van der Waals surface area contributed by atoms with Crippen LogP contribution in [0.3, 0.4) is 0 Å². The lowest BCUT2D eigenvalue weighted by molar-refractivity contribution is -0.146. The molecule has 1 N–H and O–H groups in total.